The summed E-state index contributed by atoms with van der Waals surface area (Å²) in [5.41, 5.74) is 10.2. The minimum atomic E-state index is 0.700. The summed E-state index contributed by atoms with van der Waals surface area (Å²) >= 11 is 0. The molecule has 0 aliphatic rings. The molecule has 3 heteroatoms. The summed E-state index contributed by atoms with van der Waals surface area (Å²) in [5.74, 6) is 0.700. The smallest absolute Gasteiger partial charge is 0.160 e. The van der Waals surface area contributed by atoms with Crippen molar-refractivity contribution >= 4 is 43.2 Å². The average Bonchev–Trinajstić information content (AvgIpc) is 3.24. The van der Waals surface area contributed by atoms with Gasteiger partial charge in [0, 0.05) is 38.4 Å². The molecule has 0 atom stereocenters. The third-order valence-electron chi connectivity index (χ3n) is 10.1. The molecule has 0 fully saturated rings. The molecule has 3 nitrogen and oxygen atoms in total. The molecule has 0 aliphatic heterocycles. The van der Waals surface area contributed by atoms with Crippen LogP contribution >= 0.6 is 0 Å². The number of rotatable bonds is 5. The number of hydrogen-bond acceptors (Lipinski definition) is 3. The fourth-order valence-corrected chi connectivity index (χ4v) is 7.53. The van der Waals surface area contributed by atoms with Crippen molar-refractivity contribution in [1.29, 1.82) is 0 Å². The molecule has 0 bridgehead atoms. The summed E-state index contributed by atoms with van der Waals surface area (Å²) in [5, 5.41) is 8.41. The van der Waals surface area contributed by atoms with E-state index in [1.807, 2.05) is 24.3 Å². The van der Waals surface area contributed by atoms with E-state index in [0.717, 1.165) is 50.2 Å². The SMILES string of the molecule is c1ccc(-c2ccc(-c3cc(-c4ccc(-c5nc6c7ccccc7c7ccccc7c6c6ccccc56)cc4)nc(-c4ccccc4)n3)cc2)cc1. The van der Waals surface area contributed by atoms with Gasteiger partial charge in [-0.25, -0.2) is 15.0 Å². The molecule has 0 spiro atoms. The molecule has 0 unspecified atom stereocenters. The third kappa shape index (κ3) is 5.10. The van der Waals surface area contributed by atoms with Crippen molar-refractivity contribution in [3.8, 4) is 56.3 Å². The quantitative estimate of drug-likeness (QED) is 0.172. The molecule has 52 heavy (non-hydrogen) atoms. The van der Waals surface area contributed by atoms with Crippen LogP contribution in [0, 0.1) is 0 Å². The van der Waals surface area contributed by atoms with Crippen molar-refractivity contribution < 1.29 is 0 Å². The van der Waals surface area contributed by atoms with Crippen LogP contribution in [-0.4, -0.2) is 15.0 Å². The summed E-state index contributed by atoms with van der Waals surface area (Å²) < 4.78 is 0. The molecule has 0 aliphatic carbocycles. The van der Waals surface area contributed by atoms with Gasteiger partial charge in [-0.2, -0.15) is 0 Å². The van der Waals surface area contributed by atoms with Gasteiger partial charge in [0.2, 0.25) is 0 Å². The zero-order chi connectivity index (χ0) is 34.4. The van der Waals surface area contributed by atoms with E-state index in [2.05, 4.69) is 164 Å². The number of pyridine rings is 1. The molecule has 0 amide bonds. The van der Waals surface area contributed by atoms with Crippen LogP contribution in [0.15, 0.2) is 188 Å². The van der Waals surface area contributed by atoms with Crippen molar-refractivity contribution in [2.45, 2.75) is 0 Å². The fraction of sp³-hybridized carbons (Fsp3) is 0. The van der Waals surface area contributed by atoms with Gasteiger partial charge in [0.25, 0.3) is 0 Å². The Hall–Kier alpha value is -6.97. The Morgan fingerprint density at radius 1 is 0.269 bits per heavy atom. The molecule has 8 aromatic carbocycles. The largest absolute Gasteiger partial charge is 0.246 e. The van der Waals surface area contributed by atoms with Crippen LogP contribution < -0.4 is 0 Å². The molecule has 242 valence electrons. The summed E-state index contributed by atoms with van der Waals surface area (Å²) in [6.07, 6.45) is 0. The summed E-state index contributed by atoms with van der Waals surface area (Å²) in [6, 6.07) is 66.0. The van der Waals surface area contributed by atoms with Gasteiger partial charge in [-0.1, -0.05) is 182 Å². The van der Waals surface area contributed by atoms with Crippen molar-refractivity contribution in [1.82, 2.24) is 15.0 Å². The van der Waals surface area contributed by atoms with Crippen molar-refractivity contribution in [3.63, 3.8) is 0 Å². The predicted molar refractivity (Wildman–Crippen MR) is 217 cm³/mol. The molecule has 0 saturated heterocycles. The molecule has 0 N–H and O–H groups in total. The van der Waals surface area contributed by atoms with Gasteiger partial charge in [0.1, 0.15) is 0 Å². The van der Waals surface area contributed by atoms with E-state index in [9.17, 15) is 0 Å². The van der Waals surface area contributed by atoms with E-state index >= 15 is 0 Å². The number of hydrogen-bond donors (Lipinski definition) is 0. The fourth-order valence-electron chi connectivity index (χ4n) is 7.53. The van der Waals surface area contributed by atoms with Crippen molar-refractivity contribution in [2.24, 2.45) is 0 Å². The highest BCUT2D eigenvalue weighted by molar-refractivity contribution is 6.31. The monoisotopic (exact) mass is 661 g/mol. The number of benzene rings is 8. The van der Waals surface area contributed by atoms with Crippen LogP contribution in [0.5, 0.6) is 0 Å². The molecular weight excluding hydrogens is 631 g/mol. The maximum Gasteiger partial charge on any atom is 0.160 e. The highest BCUT2D eigenvalue weighted by Gasteiger charge is 2.17. The Balaban J connectivity index is 1.11. The first-order valence-electron chi connectivity index (χ1n) is 17.6. The first-order chi connectivity index (χ1) is 25.8. The third-order valence-corrected chi connectivity index (χ3v) is 10.1. The van der Waals surface area contributed by atoms with E-state index in [4.69, 9.17) is 15.0 Å². The second kappa shape index (κ2) is 12.4. The summed E-state index contributed by atoms with van der Waals surface area (Å²) in [7, 11) is 0. The zero-order valence-electron chi connectivity index (χ0n) is 28.2. The van der Waals surface area contributed by atoms with Gasteiger partial charge in [-0.15, -0.1) is 0 Å². The maximum atomic E-state index is 5.47. The van der Waals surface area contributed by atoms with E-state index < -0.39 is 0 Å². The van der Waals surface area contributed by atoms with Gasteiger partial charge < -0.3 is 0 Å². The maximum absolute atomic E-state index is 5.47. The molecule has 10 aromatic rings. The Bertz CT molecular complexity index is 2920. The van der Waals surface area contributed by atoms with E-state index in [-0.39, 0.29) is 0 Å². The van der Waals surface area contributed by atoms with Crippen molar-refractivity contribution in [3.05, 3.63) is 188 Å². The Morgan fingerprint density at radius 2 is 0.673 bits per heavy atom. The van der Waals surface area contributed by atoms with Crippen LogP contribution in [0.2, 0.25) is 0 Å². The van der Waals surface area contributed by atoms with E-state index in [1.54, 1.807) is 0 Å². The van der Waals surface area contributed by atoms with Crippen LogP contribution in [-0.2, 0) is 0 Å². The minimum absolute atomic E-state index is 0.700. The second-order valence-corrected chi connectivity index (χ2v) is 13.2. The zero-order valence-corrected chi connectivity index (χ0v) is 28.2. The van der Waals surface area contributed by atoms with Gasteiger partial charge >= 0.3 is 0 Å². The predicted octanol–water partition coefficient (Wildman–Crippen LogP) is 12.8. The van der Waals surface area contributed by atoms with Gasteiger partial charge in [0.15, 0.2) is 5.82 Å². The lowest BCUT2D eigenvalue weighted by Crippen LogP contribution is -1.96. The van der Waals surface area contributed by atoms with Crippen molar-refractivity contribution in [2.75, 3.05) is 0 Å². The van der Waals surface area contributed by atoms with Gasteiger partial charge in [-0.05, 0) is 38.7 Å². The lowest BCUT2D eigenvalue weighted by atomic mass is 9.92. The molecule has 10 rings (SSSR count). The number of aromatic nitrogens is 3. The summed E-state index contributed by atoms with van der Waals surface area (Å²) in [6.45, 7) is 0. The first-order valence-corrected chi connectivity index (χ1v) is 17.6. The average molecular weight is 662 g/mol. The van der Waals surface area contributed by atoms with Crippen LogP contribution in [0.1, 0.15) is 0 Å². The van der Waals surface area contributed by atoms with Crippen LogP contribution in [0.25, 0.3) is 99.5 Å². The topological polar surface area (TPSA) is 38.7 Å². The number of fused-ring (bicyclic) bond motifs is 8. The lowest BCUT2D eigenvalue weighted by molar-refractivity contribution is 1.18. The Labute approximate surface area is 301 Å². The van der Waals surface area contributed by atoms with E-state index in [1.165, 1.54) is 43.4 Å². The first kappa shape index (κ1) is 29.9. The Morgan fingerprint density at radius 3 is 1.27 bits per heavy atom. The standard InChI is InChI=1S/C49H31N3/c1-3-13-32(14-4-1)33-23-25-34(26-24-33)44-31-45(51-49(50-44)37-15-5-2-6-16-37)35-27-29-36(30-28-35)47-43-22-12-10-20-41(43)46-40-19-9-7-17-38(40)39-18-8-11-21-42(39)48(46)52-47/h1-31H. The summed E-state index contributed by atoms with van der Waals surface area (Å²) in [4.78, 5) is 15.6. The van der Waals surface area contributed by atoms with Crippen LogP contribution in [0.4, 0.5) is 0 Å². The Kier molecular flexibility index (Phi) is 7.14. The lowest BCUT2D eigenvalue weighted by Gasteiger charge is -2.15. The van der Waals surface area contributed by atoms with E-state index in [0.29, 0.717) is 5.82 Å². The number of nitrogens with zero attached hydrogens (tertiary/aromatic N) is 3. The highest BCUT2D eigenvalue weighted by Crippen LogP contribution is 2.41. The molecular formula is C49H31N3. The molecule has 2 heterocycles. The highest BCUT2D eigenvalue weighted by atomic mass is 14.9. The molecule has 2 aromatic heterocycles. The minimum Gasteiger partial charge on any atom is -0.246 e. The normalized spacial score (nSPS) is 11.5. The van der Waals surface area contributed by atoms with Gasteiger partial charge in [-0.3, -0.25) is 0 Å². The van der Waals surface area contributed by atoms with Crippen LogP contribution in [0.3, 0.4) is 0 Å². The van der Waals surface area contributed by atoms with Gasteiger partial charge in [0.05, 0.1) is 22.6 Å². The second-order valence-electron chi connectivity index (χ2n) is 13.2. The molecule has 0 saturated carbocycles. The molecule has 0 radical (unpaired) electrons.